The van der Waals surface area contributed by atoms with Crippen molar-refractivity contribution in [2.24, 2.45) is 0 Å². The molecular formula is C17H25N3O2. The molecule has 0 aliphatic rings. The van der Waals surface area contributed by atoms with Gasteiger partial charge in [-0.1, -0.05) is 19.4 Å². The molecule has 0 aliphatic heterocycles. The minimum Gasteiger partial charge on any atom is -0.379 e. The number of carbonyl (C=O) groups excluding carboxylic acids is 1. The van der Waals surface area contributed by atoms with Crippen molar-refractivity contribution in [3.05, 3.63) is 35.8 Å². The molecule has 2 rings (SSSR count). The van der Waals surface area contributed by atoms with Gasteiger partial charge in [0.25, 0.3) is 5.91 Å². The monoisotopic (exact) mass is 303 g/mol. The van der Waals surface area contributed by atoms with Crippen molar-refractivity contribution in [2.45, 2.75) is 46.1 Å². The largest absolute Gasteiger partial charge is 0.379 e. The molecule has 0 unspecified atom stereocenters. The van der Waals surface area contributed by atoms with E-state index in [2.05, 4.69) is 17.2 Å². The minimum atomic E-state index is -0.0632. The standard InChI is InChI=1S/C17H25N3O2/c1-4-8-14-16(20-11-6-5-9-15(20)19-14)17(21)18-10-7-12-22-13(2)3/h5-6,9,11,13H,4,7-8,10,12H2,1-3H3,(H,18,21). The summed E-state index contributed by atoms with van der Waals surface area (Å²) in [6, 6.07) is 5.77. The maximum absolute atomic E-state index is 12.5. The molecule has 0 atom stereocenters. The molecule has 0 aliphatic carbocycles. The Kier molecular flexibility index (Phi) is 5.95. The number of rotatable bonds is 8. The van der Waals surface area contributed by atoms with E-state index in [4.69, 9.17) is 4.74 Å². The van der Waals surface area contributed by atoms with E-state index < -0.39 is 0 Å². The fraction of sp³-hybridized carbons (Fsp3) is 0.529. The average molecular weight is 303 g/mol. The van der Waals surface area contributed by atoms with E-state index in [9.17, 15) is 4.79 Å². The molecule has 5 nitrogen and oxygen atoms in total. The third-order valence-corrected chi connectivity index (χ3v) is 3.36. The van der Waals surface area contributed by atoms with Crippen molar-refractivity contribution in [1.82, 2.24) is 14.7 Å². The Hall–Kier alpha value is -1.88. The van der Waals surface area contributed by atoms with Crippen molar-refractivity contribution in [3.63, 3.8) is 0 Å². The number of amides is 1. The van der Waals surface area contributed by atoms with E-state index in [1.54, 1.807) is 0 Å². The first-order valence-corrected chi connectivity index (χ1v) is 7.99. The zero-order valence-corrected chi connectivity index (χ0v) is 13.6. The molecular weight excluding hydrogens is 278 g/mol. The quantitative estimate of drug-likeness (QED) is 0.763. The first-order valence-electron chi connectivity index (χ1n) is 7.99. The van der Waals surface area contributed by atoms with Crippen LogP contribution in [0.4, 0.5) is 0 Å². The van der Waals surface area contributed by atoms with Gasteiger partial charge < -0.3 is 10.1 Å². The van der Waals surface area contributed by atoms with Crippen molar-refractivity contribution < 1.29 is 9.53 Å². The number of hydrogen-bond acceptors (Lipinski definition) is 3. The summed E-state index contributed by atoms with van der Waals surface area (Å²) in [6.07, 6.45) is 4.70. The van der Waals surface area contributed by atoms with Gasteiger partial charge >= 0.3 is 0 Å². The number of aromatic nitrogens is 2. The first kappa shape index (κ1) is 16.5. The van der Waals surface area contributed by atoms with Crippen molar-refractivity contribution >= 4 is 11.6 Å². The lowest BCUT2D eigenvalue weighted by atomic mass is 10.2. The summed E-state index contributed by atoms with van der Waals surface area (Å²) < 4.78 is 7.34. The van der Waals surface area contributed by atoms with Crippen molar-refractivity contribution in [1.29, 1.82) is 0 Å². The lowest BCUT2D eigenvalue weighted by Gasteiger charge is -2.09. The summed E-state index contributed by atoms with van der Waals surface area (Å²) in [7, 11) is 0. The van der Waals surface area contributed by atoms with Crippen molar-refractivity contribution in [2.75, 3.05) is 13.2 Å². The van der Waals surface area contributed by atoms with Crippen LogP contribution < -0.4 is 5.32 Å². The number of carbonyl (C=O) groups is 1. The van der Waals surface area contributed by atoms with Gasteiger partial charge in [0, 0.05) is 19.3 Å². The molecule has 2 aromatic heterocycles. The van der Waals surface area contributed by atoms with Gasteiger partial charge in [0.15, 0.2) is 0 Å². The van der Waals surface area contributed by atoms with Gasteiger partial charge in [-0.3, -0.25) is 9.20 Å². The van der Waals surface area contributed by atoms with Crippen molar-refractivity contribution in [3.8, 4) is 0 Å². The fourth-order valence-electron chi connectivity index (χ4n) is 2.37. The number of imidazole rings is 1. The lowest BCUT2D eigenvalue weighted by Crippen LogP contribution is -2.27. The molecule has 1 N–H and O–H groups in total. The predicted molar refractivity (Wildman–Crippen MR) is 87.2 cm³/mol. The zero-order valence-electron chi connectivity index (χ0n) is 13.6. The maximum Gasteiger partial charge on any atom is 0.270 e. The highest BCUT2D eigenvalue weighted by molar-refractivity contribution is 5.94. The number of ether oxygens (including phenoxy) is 1. The first-order chi connectivity index (χ1) is 10.6. The minimum absolute atomic E-state index is 0.0632. The number of nitrogens with one attached hydrogen (secondary N) is 1. The van der Waals surface area contributed by atoms with Crippen LogP contribution in [0.15, 0.2) is 24.4 Å². The van der Waals surface area contributed by atoms with Crippen LogP contribution in [0.5, 0.6) is 0 Å². The molecule has 2 aromatic rings. The van der Waals surface area contributed by atoms with Gasteiger partial charge in [-0.25, -0.2) is 4.98 Å². The molecule has 0 saturated heterocycles. The smallest absolute Gasteiger partial charge is 0.270 e. The summed E-state index contributed by atoms with van der Waals surface area (Å²) >= 11 is 0. The highest BCUT2D eigenvalue weighted by Crippen LogP contribution is 2.14. The third kappa shape index (κ3) is 4.07. The molecule has 22 heavy (non-hydrogen) atoms. The Labute approximate surface area is 131 Å². The second kappa shape index (κ2) is 7.94. The number of fused-ring (bicyclic) bond motifs is 1. The summed E-state index contributed by atoms with van der Waals surface area (Å²) in [5.74, 6) is -0.0632. The van der Waals surface area contributed by atoms with Crippen LogP contribution in [0.3, 0.4) is 0 Å². The molecule has 120 valence electrons. The maximum atomic E-state index is 12.5. The third-order valence-electron chi connectivity index (χ3n) is 3.36. The molecule has 0 bridgehead atoms. The van der Waals surface area contributed by atoms with Crippen LogP contribution in [0.25, 0.3) is 5.65 Å². The van der Waals surface area contributed by atoms with Crippen LogP contribution in [-0.4, -0.2) is 34.5 Å². The molecule has 1 amide bonds. The number of nitrogens with zero attached hydrogens (tertiary/aromatic N) is 2. The second-order valence-electron chi connectivity index (χ2n) is 5.61. The van der Waals surface area contributed by atoms with Crippen LogP contribution in [0, 0.1) is 0 Å². The van der Waals surface area contributed by atoms with Crippen LogP contribution in [0.2, 0.25) is 0 Å². The van der Waals surface area contributed by atoms with Crippen LogP contribution >= 0.6 is 0 Å². The number of pyridine rings is 1. The van der Waals surface area contributed by atoms with E-state index in [1.165, 1.54) is 0 Å². The molecule has 2 heterocycles. The summed E-state index contributed by atoms with van der Waals surface area (Å²) in [6.45, 7) is 7.38. The average Bonchev–Trinajstić information content (AvgIpc) is 2.84. The topological polar surface area (TPSA) is 55.6 Å². The van der Waals surface area contributed by atoms with E-state index in [0.717, 1.165) is 30.6 Å². The highest BCUT2D eigenvalue weighted by atomic mass is 16.5. The summed E-state index contributed by atoms with van der Waals surface area (Å²) in [5, 5.41) is 2.97. The van der Waals surface area contributed by atoms with E-state index >= 15 is 0 Å². The molecule has 0 radical (unpaired) electrons. The number of hydrogen-bond donors (Lipinski definition) is 1. The van der Waals surface area contributed by atoms with Gasteiger partial charge in [0.2, 0.25) is 0 Å². The Bertz CT molecular complexity index is 619. The van der Waals surface area contributed by atoms with Gasteiger partial charge in [-0.05, 0) is 38.8 Å². The van der Waals surface area contributed by atoms with E-state index in [0.29, 0.717) is 18.8 Å². The molecule has 5 heteroatoms. The second-order valence-corrected chi connectivity index (χ2v) is 5.61. The molecule has 0 fully saturated rings. The Balaban J connectivity index is 2.05. The van der Waals surface area contributed by atoms with Crippen LogP contribution in [0.1, 0.15) is 49.8 Å². The zero-order chi connectivity index (χ0) is 15.9. The normalized spacial score (nSPS) is 11.3. The molecule has 0 aromatic carbocycles. The Morgan fingerprint density at radius 1 is 1.41 bits per heavy atom. The van der Waals surface area contributed by atoms with Gasteiger partial charge in [-0.2, -0.15) is 0 Å². The predicted octanol–water partition coefficient (Wildman–Crippen LogP) is 2.83. The molecule has 0 spiro atoms. The van der Waals surface area contributed by atoms with Gasteiger partial charge in [-0.15, -0.1) is 0 Å². The lowest BCUT2D eigenvalue weighted by molar-refractivity contribution is 0.0756. The fourth-order valence-corrected chi connectivity index (χ4v) is 2.37. The van der Waals surface area contributed by atoms with Gasteiger partial charge in [0.1, 0.15) is 11.3 Å². The molecule has 0 saturated carbocycles. The highest BCUT2D eigenvalue weighted by Gasteiger charge is 2.17. The summed E-state index contributed by atoms with van der Waals surface area (Å²) in [4.78, 5) is 17.1. The van der Waals surface area contributed by atoms with Crippen LogP contribution in [-0.2, 0) is 11.2 Å². The van der Waals surface area contributed by atoms with E-state index in [-0.39, 0.29) is 12.0 Å². The van der Waals surface area contributed by atoms with E-state index in [1.807, 2.05) is 42.6 Å². The Morgan fingerprint density at radius 2 is 2.23 bits per heavy atom. The summed E-state index contributed by atoms with van der Waals surface area (Å²) in [5.41, 5.74) is 2.34. The SMILES string of the molecule is CCCc1nc2ccccn2c1C(=O)NCCCOC(C)C. The Morgan fingerprint density at radius 3 is 2.95 bits per heavy atom. The van der Waals surface area contributed by atoms with Gasteiger partial charge in [0.05, 0.1) is 11.8 Å². The number of aryl methyl sites for hydroxylation is 1.